The molecule has 0 aliphatic carbocycles. The highest BCUT2D eigenvalue weighted by Gasteiger charge is 2.17. The van der Waals surface area contributed by atoms with Gasteiger partial charge in [-0.3, -0.25) is 0 Å². The van der Waals surface area contributed by atoms with Gasteiger partial charge in [0.15, 0.2) is 0 Å². The van der Waals surface area contributed by atoms with Crippen LogP contribution in [0.2, 0.25) is 0 Å². The summed E-state index contributed by atoms with van der Waals surface area (Å²) in [6, 6.07) is 3.10. The lowest BCUT2D eigenvalue weighted by atomic mass is 10.3. The average Bonchev–Trinajstić information content (AvgIpc) is 2.90. The highest BCUT2D eigenvalue weighted by molar-refractivity contribution is 5.55. The summed E-state index contributed by atoms with van der Waals surface area (Å²) in [6.45, 7) is 1.72. The highest BCUT2D eigenvalue weighted by Crippen LogP contribution is 2.21. The van der Waals surface area contributed by atoms with Crippen LogP contribution in [0.25, 0.3) is 0 Å². The van der Waals surface area contributed by atoms with Crippen molar-refractivity contribution in [1.29, 1.82) is 0 Å². The minimum Gasteiger partial charge on any atom is -0.368 e. The van der Waals surface area contributed by atoms with Crippen LogP contribution in [0.1, 0.15) is 12.8 Å². The first kappa shape index (κ1) is 13.5. The second kappa shape index (κ2) is 5.47. The molecule has 0 amide bonds. The van der Waals surface area contributed by atoms with Crippen molar-refractivity contribution in [2.45, 2.75) is 12.8 Å². The van der Waals surface area contributed by atoms with Crippen LogP contribution >= 0.6 is 0 Å². The smallest absolute Gasteiger partial charge is 0.233 e. The molecule has 1 aliphatic rings. The van der Waals surface area contributed by atoms with E-state index in [1.165, 1.54) is 0 Å². The lowest BCUT2D eigenvalue weighted by Crippen LogP contribution is -2.21. The summed E-state index contributed by atoms with van der Waals surface area (Å²) < 4.78 is 26.3. The normalized spacial score (nSPS) is 14.5. The maximum Gasteiger partial charge on any atom is 0.233 e. The maximum absolute atomic E-state index is 13.2. The van der Waals surface area contributed by atoms with E-state index in [1.54, 1.807) is 0 Å². The number of halogens is 2. The zero-order valence-electron chi connectivity index (χ0n) is 11.2. The number of nitrogen functional groups attached to an aromatic ring is 1. The molecule has 8 heteroatoms. The molecule has 3 rings (SSSR count). The molecule has 110 valence electrons. The molecular weight excluding hydrogens is 278 g/mol. The number of anilines is 4. The number of nitrogens with one attached hydrogen (secondary N) is 1. The second-order valence-corrected chi connectivity index (χ2v) is 4.79. The summed E-state index contributed by atoms with van der Waals surface area (Å²) in [7, 11) is 0. The van der Waals surface area contributed by atoms with E-state index in [9.17, 15) is 8.78 Å². The number of nitrogens with two attached hydrogens (primary N) is 1. The van der Waals surface area contributed by atoms with Crippen molar-refractivity contribution in [2.75, 3.05) is 29.0 Å². The largest absolute Gasteiger partial charge is 0.368 e. The maximum atomic E-state index is 13.2. The number of hydrogen-bond donors (Lipinski definition) is 2. The number of rotatable bonds is 3. The summed E-state index contributed by atoms with van der Waals surface area (Å²) in [5.41, 5.74) is 5.88. The molecule has 1 fully saturated rings. The third kappa shape index (κ3) is 3.15. The third-order valence-corrected chi connectivity index (χ3v) is 3.15. The average molecular weight is 292 g/mol. The first-order valence-corrected chi connectivity index (χ1v) is 6.60. The van der Waals surface area contributed by atoms with Crippen LogP contribution in [0.15, 0.2) is 18.2 Å². The van der Waals surface area contributed by atoms with Gasteiger partial charge in [0.05, 0.1) is 0 Å². The van der Waals surface area contributed by atoms with Crippen molar-refractivity contribution >= 4 is 23.5 Å². The summed E-state index contributed by atoms with van der Waals surface area (Å²) in [6.07, 6.45) is 2.15. The lowest BCUT2D eigenvalue weighted by molar-refractivity contribution is 0.584. The first-order valence-electron chi connectivity index (χ1n) is 6.60. The van der Waals surface area contributed by atoms with E-state index in [4.69, 9.17) is 5.73 Å². The predicted octanol–water partition coefficient (Wildman–Crippen LogP) is 2.08. The van der Waals surface area contributed by atoms with Crippen LogP contribution in [0, 0.1) is 11.6 Å². The fourth-order valence-electron chi connectivity index (χ4n) is 2.25. The van der Waals surface area contributed by atoms with Crippen LogP contribution in [0.4, 0.5) is 32.3 Å². The molecule has 1 aliphatic heterocycles. The number of benzene rings is 1. The molecule has 0 atom stereocenters. The van der Waals surface area contributed by atoms with Crippen molar-refractivity contribution in [3.05, 3.63) is 29.8 Å². The zero-order chi connectivity index (χ0) is 14.8. The van der Waals surface area contributed by atoms with Gasteiger partial charge in [-0.15, -0.1) is 0 Å². The summed E-state index contributed by atoms with van der Waals surface area (Å²) in [5.74, 6) is -0.668. The van der Waals surface area contributed by atoms with Gasteiger partial charge in [-0.05, 0) is 25.0 Å². The highest BCUT2D eigenvalue weighted by atomic mass is 19.1. The fourth-order valence-corrected chi connectivity index (χ4v) is 2.25. The van der Waals surface area contributed by atoms with Gasteiger partial charge >= 0.3 is 0 Å². The van der Waals surface area contributed by atoms with E-state index in [0.29, 0.717) is 5.95 Å². The van der Waals surface area contributed by atoms with E-state index in [0.717, 1.165) is 44.1 Å². The Kier molecular flexibility index (Phi) is 3.51. The van der Waals surface area contributed by atoms with Crippen molar-refractivity contribution in [3.8, 4) is 0 Å². The van der Waals surface area contributed by atoms with E-state index in [-0.39, 0.29) is 17.6 Å². The van der Waals surface area contributed by atoms with Crippen molar-refractivity contribution in [1.82, 2.24) is 15.0 Å². The molecule has 21 heavy (non-hydrogen) atoms. The standard InChI is InChI=1S/C13H14F2N6/c14-8-5-9(15)7-10(6-8)17-12-18-11(16)19-13(20-12)21-3-1-2-4-21/h5-7H,1-4H2,(H3,16,17,18,19,20). The van der Waals surface area contributed by atoms with Crippen LogP contribution in [-0.2, 0) is 0 Å². The molecule has 2 aromatic rings. The Hall–Kier alpha value is -2.51. The molecular formula is C13H14F2N6. The van der Waals surface area contributed by atoms with Crippen molar-refractivity contribution in [3.63, 3.8) is 0 Å². The molecule has 6 nitrogen and oxygen atoms in total. The van der Waals surface area contributed by atoms with Crippen LogP contribution in [0.5, 0.6) is 0 Å². The van der Waals surface area contributed by atoms with Gasteiger partial charge in [0.1, 0.15) is 11.6 Å². The monoisotopic (exact) mass is 292 g/mol. The van der Waals surface area contributed by atoms with E-state index < -0.39 is 11.6 Å². The number of aromatic nitrogens is 3. The first-order chi connectivity index (χ1) is 10.1. The molecule has 0 bridgehead atoms. The molecule has 1 aromatic heterocycles. The van der Waals surface area contributed by atoms with Crippen LogP contribution in [0.3, 0.4) is 0 Å². The van der Waals surface area contributed by atoms with E-state index in [2.05, 4.69) is 20.3 Å². The Labute approximate surface area is 120 Å². The summed E-state index contributed by atoms with van der Waals surface area (Å²) in [4.78, 5) is 14.3. The van der Waals surface area contributed by atoms with Crippen molar-refractivity contribution < 1.29 is 8.78 Å². The van der Waals surface area contributed by atoms with E-state index in [1.807, 2.05) is 4.90 Å². The Balaban J connectivity index is 1.87. The zero-order valence-corrected chi connectivity index (χ0v) is 11.2. The van der Waals surface area contributed by atoms with Gasteiger partial charge < -0.3 is 16.0 Å². The van der Waals surface area contributed by atoms with Gasteiger partial charge in [-0.25, -0.2) is 8.78 Å². The van der Waals surface area contributed by atoms with Crippen LogP contribution < -0.4 is 16.0 Å². The molecule has 0 unspecified atom stereocenters. The summed E-state index contributed by atoms with van der Waals surface area (Å²) in [5, 5.41) is 2.74. The van der Waals surface area contributed by atoms with Crippen molar-refractivity contribution in [2.24, 2.45) is 0 Å². The Morgan fingerprint density at radius 3 is 2.33 bits per heavy atom. The fraction of sp³-hybridized carbons (Fsp3) is 0.308. The second-order valence-electron chi connectivity index (χ2n) is 4.79. The van der Waals surface area contributed by atoms with Gasteiger partial charge in [0.25, 0.3) is 0 Å². The molecule has 1 saturated heterocycles. The minimum absolute atomic E-state index is 0.0614. The molecule has 2 heterocycles. The summed E-state index contributed by atoms with van der Waals surface area (Å²) >= 11 is 0. The Bertz CT molecular complexity index is 637. The molecule has 3 N–H and O–H groups in total. The quantitative estimate of drug-likeness (QED) is 0.901. The van der Waals surface area contributed by atoms with E-state index >= 15 is 0 Å². The van der Waals surface area contributed by atoms with Gasteiger partial charge in [0, 0.05) is 24.8 Å². The third-order valence-electron chi connectivity index (χ3n) is 3.15. The molecule has 0 saturated carbocycles. The molecule has 0 spiro atoms. The number of hydrogen-bond acceptors (Lipinski definition) is 6. The number of nitrogens with zero attached hydrogens (tertiary/aromatic N) is 4. The Morgan fingerprint density at radius 1 is 1.00 bits per heavy atom. The lowest BCUT2D eigenvalue weighted by Gasteiger charge is -2.16. The molecule has 0 radical (unpaired) electrons. The van der Waals surface area contributed by atoms with Gasteiger partial charge in [-0.1, -0.05) is 0 Å². The topological polar surface area (TPSA) is 80.0 Å². The molecule has 1 aromatic carbocycles. The van der Waals surface area contributed by atoms with Gasteiger partial charge in [0.2, 0.25) is 17.8 Å². The SMILES string of the molecule is Nc1nc(Nc2cc(F)cc(F)c2)nc(N2CCCC2)n1. The Morgan fingerprint density at radius 2 is 1.67 bits per heavy atom. The van der Waals surface area contributed by atoms with Crippen LogP contribution in [-0.4, -0.2) is 28.0 Å². The minimum atomic E-state index is -0.681. The predicted molar refractivity (Wildman–Crippen MR) is 75.3 cm³/mol. The van der Waals surface area contributed by atoms with Gasteiger partial charge in [-0.2, -0.15) is 15.0 Å².